The van der Waals surface area contributed by atoms with Crippen LogP contribution in [0.4, 0.5) is 5.69 Å². The Hall–Kier alpha value is -1.46. The zero-order chi connectivity index (χ0) is 13.4. The van der Waals surface area contributed by atoms with E-state index >= 15 is 0 Å². The summed E-state index contributed by atoms with van der Waals surface area (Å²) in [6, 6.07) is 12.6. The second kappa shape index (κ2) is 4.90. The van der Waals surface area contributed by atoms with E-state index in [9.17, 15) is 0 Å². The van der Waals surface area contributed by atoms with E-state index in [1.165, 1.54) is 17.4 Å². The van der Waals surface area contributed by atoms with Crippen molar-refractivity contribution in [2.24, 2.45) is 0 Å². The zero-order valence-electron chi connectivity index (χ0n) is 10.6. The molecule has 0 bridgehead atoms. The number of anilines is 1. The van der Waals surface area contributed by atoms with Gasteiger partial charge in [-0.05, 0) is 39.7 Å². The van der Waals surface area contributed by atoms with Crippen molar-refractivity contribution in [3.05, 3.63) is 40.9 Å². The van der Waals surface area contributed by atoms with Crippen LogP contribution in [0.15, 0.2) is 40.9 Å². The van der Waals surface area contributed by atoms with E-state index in [2.05, 4.69) is 59.9 Å². The Morgan fingerprint density at radius 1 is 0.947 bits per heavy atom. The summed E-state index contributed by atoms with van der Waals surface area (Å²) in [5.74, 6) is 0. The summed E-state index contributed by atoms with van der Waals surface area (Å²) in [6.07, 6.45) is 0. The molecule has 3 rings (SSSR count). The van der Waals surface area contributed by atoms with Crippen molar-refractivity contribution < 1.29 is 0 Å². The van der Waals surface area contributed by atoms with E-state index in [1.807, 2.05) is 20.2 Å². The van der Waals surface area contributed by atoms with Crippen LogP contribution in [0.1, 0.15) is 0 Å². The number of hydrogen-bond acceptors (Lipinski definition) is 4. The lowest BCUT2D eigenvalue weighted by atomic mass is 10.0. The summed E-state index contributed by atoms with van der Waals surface area (Å²) in [5.41, 5.74) is 5.36. The first kappa shape index (κ1) is 12.6. The molecule has 0 aliphatic carbocycles. The van der Waals surface area contributed by atoms with E-state index in [4.69, 9.17) is 0 Å². The molecule has 96 valence electrons. The van der Waals surface area contributed by atoms with Gasteiger partial charge in [0.25, 0.3) is 0 Å². The second-order valence-corrected chi connectivity index (χ2v) is 5.88. The van der Waals surface area contributed by atoms with Crippen LogP contribution in [0.3, 0.4) is 0 Å². The number of halogens is 1. The predicted octanol–water partition coefficient (Wildman–Crippen LogP) is 4.19. The van der Waals surface area contributed by atoms with Crippen molar-refractivity contribution in [3.8, 4) is 11.1 Å². The molecule has 0 saturated heterocycles. The molecule has 0 N–H and O–H groups in total. The van der Waals surface area contributed by atoms with Crippen molar-refractivity contribution in [2.75, 3.05) is 19.0 Å². The topological polar surface area (TPSA) is 29.0 Å². The Balaban J connectivity index is 2.14. The highest BCUT2D eigenvalue weighted by Gasteiger charge is 2.10. The molecule has 1 heterocycles. The molecule has 0 unspecified atom stereocenters. The molecule has 0 radical (unpaired) electrons. The van der Waals surface area contributed by atoms with Gasteiger partial charge in [-0.1, -0.05) is 18.2 Å². The van der Waals surface area contributed by atoms with Gasteiger partial charge in [0, 0.05) is 29.8 Å². The van der Waals surface area contributed by atoms with E-state index < -0.39 is 0 Å². The molecule has 0 spiro atoms. The Kier molecular flexibility index (Phi) is 3.24. The van der Waals surface area contributed by atoms with Crippen molar-refractivity contribution >= 4 is 44.4 Å². The minimum absolute atomic E-state index is 0.930. The third-order valence-corrected chi connectivity index (χ3v) is 4.23. The standard InChI is InChI=1S/C14H12BrN3S/c1-18(2)10-5-3-9(4-6-10)11-7-8-12(15)14-13(11)16-19-17-14/h3-8H,1-2H3. The third-order valence-electron chi connectivity index (χ3n) is 3.06. The molecule has 0 atom stereocenters. The highest BCUT2D eigenvalue weighted by molar-refractivity contribution is 9.10. The van der Waals surface area contributed by atoms with Gasteiger partial charge in [-0.3, -0.25) is 0 Å². The molecule has 19 heavy (non-hydrogen) atoms. The molecule has 0 saturated carbocycles. The summed E-state index contributed by atoms with van der Waals surface area (Å²) in [7, 11) is 4.08. The maximum Gasteiger partial charge on any atom is 0.119 e. The van der Waals surface area contributed by atoms with Gasteiger partial charge in [0.15, 0.2) is 0 Å². The lowest BCUT2D eigenvalue weighted by molar-refractivity contribution is 1.13. The molecule has 0 amide bonds. The Labute approximate surface area is 124 Å². The zero-order valence-corrected chi connectivity index (χ0v) is 13.0. The fourth-order valence-corrected chi connectivity index (χ4v) is 3.11. The van der Waals surface area contributed by atoms with Gasteiger partial charge >= 0.3 is 0 Å². The fourth-order valence-electron chi connectivity index (χ4n) is 2.01. The molecule has 1 aromatic heterocycles. The lowest BCUT2D eigenvalue weighted by Gasteiger charge is -2.12. The smallest absolute Gasteiger partial charge is 0.119 e. The summed E-state index contributed by atoms with van der Waals surface area (Å²) >= 11 is 4.76. The van der Waals surface area contributed by atoms with Crippen LogP contribution < -0.4 is 4.90 Å². The SMILES string of the molecule is CN(C)c1ccc(-c2ccc(Br)c3nsnc23)cc1. The maximum atomic E-state index is 4.40. The first-order valence-electron chi connectivity index (χ1n) is 5.85. The molecule has 5 heteroatoms. The number of nitrogens with zero attached hydrogens (tertiary/aromatic N) is 3. The van der Waals surface area contributed by atoms with Gasteiger partial charge in [-0.25, -0.2) is 0 Å². The molecular formula is C14H12BrN3S. The Bertz CT molecular complexity index is 719. The van der Waals surface area contributed by atoms with Crippen LogP contribution in [-0.2, 0) is 0 Å². The second-order valence-electron chi connectivity index (χ2n) is 4.50. The highest BCUT2D eigenvalue weighted by atomic mass is 79.9. The van der Waals surface area contributed by atoms with Gasteiger partial charge in [0.05, 0.1) is 11.7 Å². The number of benzene rings is 2. The van der Waals surface area contributed by atoms with Crippen LogP contribution in [0.2, 0.25) is 0 Å². The van der Waals surface area contributed by atoms with Crippen LogP contribution in [0.25, 0.3) is 22.2 Å². The van der Waals surface area contributed by atoms with Crippen LogP contribution >= 0.6 is 27.7 Å². The Morgan fingerprint density at radius 3 is 2.32 bits per heavy atom. The van der Waals surface area contributed by atoms with Gasteiger partial charge < -0.3 is 4.90 Å². The Morgan fingerprint density at radius 2 is 1.63 bits per heavy atom. The molecule has 0 aliphatic heterocycles. The summed E-state index contributed by atoms with van der Waals surface area (Å²) < 4.78 is 9.72. The number of aromatic nitrogens is 2. The minimum atomic E-state index is 0.930. The maximum absolute atomic E-state index is 4.40. The predicted molar refractivity (Wildman–Crippen MR) is 84.9 cm³/mol. The first-order chi connectivity index (χ1) is 9.16. The summed E-state index contributed by atoms with van der Waals surface area (Å²) in [4.78, 5) is 2.09. The molecule has 3 nitrogen and oxygen atoms in total. The van der Waals surface area contributed by atoms with Gasteiger partial charge in [0.1, 0.15) is 11.0 Å². The first-order valence-corrected chi connectivity index (χ1v) is 7.37. The number of fused-ring (bicyclic) bond motifs is 1. The minimum Gasteiger partial charge on any atom is -0.378 e. The summed E-state index contributed by atoms with van der Waals surface area (Å²) in [6.45, 7) is 0. The fraction of sp³-hybridized carbons (Fsp3) is 0.143. The number of rotatable bonds is 2. The quantitative estimate of drug-likeness (QED) is 0.704. The normalized spacial score (nSPS) is 10.9. The molecule has 0 fully saturated rings. The van der Waals surface area contributed by atoms with Crippen molar-refractivity contribution in [1.29, 1.82) is 0 Å². The lowest BCUT2D eigenvalue weighted by Crippen LogP contribution is -2.07. The average Bonchev–Trinajstić information content (AvgIpc) is 2.89. The number of hydrogen-bond donors (Lipinski definition) is 0. The van der Waals surface area contributed by atoms with Crippen LogP contribution in [0.5, 0.6) is 0 Å². The van der Waals surface area contributed by atoms with E-state index in [0.717, 1.165) is 26.6 Å². The molecule has 3 aromatic rings. The van der Waals surface area contributed by atoms with Gasteiger partial charge in [-0.2, -0.15) is 8.75 Å². The van der Waals surface area contributed by atoms with E-state index in [-0.39, 0.29) is 0 Å². The monoisotopic (exact) mass is 333 g/mol. The highest BCUT2D eigenvalue weighted by Crippen LogP contribution is 2.32. The van der Waals surface area contributed by atoms with Gasteiger partial charge in [-0.15, -0.1) is 0 Å². The largest absolute Gasteiger partial charge is 0.378 e. The van der Waals surface area contributed by atoms with Gasteiger partial charge in [0.2, 0.25) is 0 Å². The van der Waals surface area contributed by atoms with Crippen molar-refractivity contribution in [2.45, 2.75) is 0 Å². The summed E-state index contributed by atoms with van der Waals surface area (Å²) in [5, 5.41) is 0. The van der Waals surface area contributed by atoms with Crippen molar-refractivity contribution in [3.63, 3.8) is 0 Å². The van der Waals surface area contributed by atoms with Crippen LogP contribution in [-0.4, -0.2) is 22.8 Å². The average molecular weight is 334 g/mol. The van der Waals surface area contributed by atoms with Crippen molar-refractivity contribution in [1.82, 2.24) is 8.75 Å². The third kappa shape index (κ3) is 2.24. The molecule has 2 aromatic carbocycles. The van der Waals surface area contributed by atoms with E-state index in [0.29, 0.717) is 0 Å². The molecular weight excluding hydrogens is 322 g/mol. The molecule has 0 aliphatic rings. The van der Waals surface area contributed by atoms with E-state index in [1.54, 1.807) is 0 Å². The van der Waals surface area contributed by atoms with Crippen LogP contribution in [0, 0.1) is 0 Å².